The topological polar surface area (TPSA) is 101 Å². The number of carboxylic acid groups (broad SMARTS) is 1. The van der Waals surface area contributed by atoms with Crippen molar-refractivity contribution in [3.8, 4) is 0 Å². The summed E-state index contributed by atoms with van der Waals surface area (Å²) in [7, 11) is -2.42. The average Bonchev–Trinajstić information content (AvgIpc) is 2.36. The second kappa shape index (κ2) is 6.44. The van der Waals surface area contributed by atoms with Gasteiger partial charge in [-0.2, -0.15) is 4.31 Å². The van der Waals surface area contributed by atoms with E-state index in [0.29, 0.717) is 12.3 Å². The number of carbonyl (C=O) groups is 1. The maximum Gasteiger partial charge on any atom is 0.337 e. The molecule has 6 nitrogen and oxygen atoms in total. The third-order valence-electron chi connectivity index (χ3n) is 3.32. The van der Waals surface area contributed by atoms with Crippen molar-refractivity contribution in [2.75, 3.05) is 12.8 Å². The van der Waals surface area contributed by atoms with E-state index in [-0.39, 0.29) is 22.2 Å². The lowest BCUT2D eigenvalue weighted by Crippen LogP contribution is -2.36. The number of carboxylic acids is 1. The molecule has 1 unspecified atom stereocenters. The molecule has 118 valence electrons. The summed E-state index contributed by atoms with van der Waals surface area (Å²) in [5.74, 6) is -0.978. The molecule has 21 heavy (non-hydrogen) atoms. The molecule has 0 bridgehead atoms. The second-order valence-corrected chi connectivity index (χ2v) is 7.53. The van der Waals surface area contributed by atoms with Crippen LogP contribution in [0.25, 0.3) is 0 Å². The molecule has 0 amide bonds. The lowest BCUT2D eigenvalue weighted by molar-refractivity contribution is 0.0692. The quantitative estimate of drug-likeness (QED) is 0.782. The monoisotopic (exact) mass is 314 g/mol. The molecule has 1 rings (SSSR count). The van der Waals surface area contributed by atoms with Crippen LogP contribution in [0.3, 0.4) is 0 Å². The molecule has 0 aliphatic carbocycles. The molecule has 0 saturated carbocycles. The minimum atomic E-state index is -3.88. The van der Waals surface area contributed by atoms with Gasteiger partial charge in [0, 0.05) is 18.8 Å². The van der Waals surface area contributed by atoms with E-state index in [1.54, 1.807) is 6.92 Å². The van der Waals surface area contributed by atoms with Crippen molar-refractivity contribution in [2.45, 2.75) is 38.1 Å². The number of hydrogen-bond acceptors (Lipinski definition) is 4. The zero-order valence-corrected chi connectivity index (χ0v) is 13.5. The van der Waals surface area contributed by atoms with Crippen molar-refractivity contribution in [2.24, 2.45) is 5.92 Å². The van der Waals surface area contributed by atoms with Crippen LogP contribution in [0.4, 0.5) is 5.69 Å². The Balaban J connectivity index is 3.28. The van der Waals surface area contributed by atoms with Gasteiger partial charge in [-0.25, -0.2) is 13.2 Å². The zero-order valence-electron chi connectivity index (χ0n) is 12.7. The first-order chi connectivity index (χ1) is 9.57. The normalized spacial score (nSPS) is 13.6. The number of benzene rings is 1. The fraction of sp³-hybridized carbons (Fsp3) is 0.500. The van der Waals surface area contributed by atoms with Gasteiger partial charge in [0.2, 0.25) is 10.0 Å². The van der Waals surface area contributed by atoms with Gasteiger partial charge in [0.05, 0.1) is 10.5 Å². The predicted octanol–water partition coefficient (Wildman–Crippen LogP) is 2.02. The molecule has 0 aliphatic rings. The highest BCUT2D eigenvalue weighted by Crippen LogP contribution is 2.24. The van der Waals surface area contributed by atoms with E-state index < -0.39 is 16.0 Å². The molecule has 0 aliphatic heterocycles. The van der Waals surface area contributed by atoms with E-state index in [1.807, 2.05) is 13.8 Å². The van der Waals surface area contributed by atoms with E-state index in [1.165, 1.54) is 23.5 Å². The Bertz CT molecular complexity index is 626. The third-order valence-corrected chi connectivity index (χ3v) is 5.35. The lowest BCUT2D eigenvalue weighted by Gasteiger charge is -2.26. The Kier molecular flexibility index (Phi) is 5.36. The van der Waals surface area contributed by atoms with E-state index in [2.05, 4.69) is 0 Å². The number of nitrogens with zero attached hydrogens (tertiary/aromatic N) is 1. The van der Waals surface area contributed by atoms with Gasteiger partial charge in [0.25, 0.3) is 0 Å². The minimum absolute atomic E-state index is 0.212. The largest absolute Gasteiger partial charge is 0.478 e. The number of sulfonamides is 1. The first-order valence-corrected chi connectivity index (χ1v) is 8.12. The zero-order chi connectivity index (χ0) is 16.4. The van der Waals surface area contributed by atoms with Crippen LogP contribution in [-0.2, 0) is 10.0 Å². The molecule has 0 heterocycles. The van der Waals surface area contributed by atoms with Crippen molar-refractivity contribution in [1.29, 1.82) is 0 Å². The third kappa shape index (κ3) is 3.95. The number of nitrogens with two attached hydrogens (primary N) is 1. The SMILES string of the molecule is CC(C)CC(C)N(C)S(=O)(=O)c1ccc(N)cc1C(=O)O. The van der Waals surface area contributed by atoms with Gasteiger partial charge < -0.3 is 10.8 Å². The Morgan fingerprint density at radius 3 is 2.38 bits per heavy atom. The predicted molar refractivity (Wildman–Crippen MR) is 81.7 cm³/mol. The van der Waals surface area contributed by atoms with Crippen LogP contribution in [0.1, 0.15) is 37.6 Å². The van der Waals surface area contributed by atoms with Crippen LogP contribution < -0.4 is 5.73 Å². The molecule has 7 heteroatoms. The Hall–Kier alpha value is -1.60. The minimum Gasteiger partial charge on any atom is -0.478 e. The Morgan fingerprint density at radius 2 is 1.90 bits per heavy atom. The molecular weight excluding hydrogens is 292 g/mol. The highest BCUT2D eigenvalue weighted by molar-refractivity contribution is 7.89. The van der Waals surface area contributed by atoms with E-state index in [0.717, 1.165) is 6.07 Å². The molecule has 0 radical (unpaired) electrons. The van der Waals surface area contributed by atoms with Gasteiger partial charge in [-0.05, 0) is 37.5 Å². The number of rotatable bonds is 6. The average molecular weight is 314 g/mol. The molecule has 0 saturated heterocycles. The molecule has 1 aromatic rings. The van der Waals surface area contributed by atoms with Crippen LogP contribution in [0.15, 0.2) is 23.1 Å². The second-order valence-electron chi connectivity index (χ2n) is 5.56. The summed E-state index contributed by atoms with van der Waals surface area (Å²) in [6.07, 6.45) is 0.688. The summed E-state index contributed by atoms with van der Waals surface area (Å²) in [5, 5.41) is 9.18. The molecule has 1 aromatic carbocycles. The van der Waals surface area contributed by atoms with Crippen LogP contribution in [0.2, 0.25) is 0 Å². The number of aromatic carboxylic acids is 1. The Labute approximate surface area is 125 Å². The fourth-order valence-electron chi connectivity index (χ4n) is 2.16. The number of hydrogen-bond donors (Lipinski definition) is 2. The smallest absolute Gasteiger partial charge is 0.337 e. The van der Waals surface area contributed by atoms with Gasteiger partial charge in [0.15, 0.2) is 0 Å². The van der Waals surface area contributed by atoms with Crippen molar-refractivity contribution < 1.29 is 18.3 Å². The maximum atomic E-state index is 12.6. The summed E-state index contributed by atoms with van der Waals surface area (Å²) < 4.78 is 26.4. The van der Waals surface area contributed by atoms with Crippen LogP contribution in [-0.4, -0.2) is 36.9 Å². The molecule has 0 aromatic heterocycles. The standard InChI is InChI=1S/C14H22N2O4S/c1-9(2)7-10(3)16(4)21(19,20)13-6-5-11(15)8-12(13)14(17)18/h5-6,8-10H,7,15H2,1-4H3,(H,17,18). The maximum absolute atomic E-state index is 12.6. The van der Waals surface area contributed by atoms with Gasteiger partial charge in [0.1, 0.15) is 0 Å². The first-order valence-electron chi connectivity index (χ1n) is 6.68. The first kappa shape index (κ1) is 17.5. The summed E-state index contributed by atoms with van der Waals surface area (Å²) >= 11 is 0. The lowest BCUT2D eigenvalue weighted by atomic mass is 10.1. The van der Waals surface area contributed by atoms with E-state index in [4.69, 9.17) is 5.73 Å². The van der Waals surface area contributed by atoms with Crippen molar-refractivity contribution in [3.05, 3.63) is 23.8 Å². The molecule has 3 N–H and O–H groups in total. The summed E-state index contributed by atoms with van der Waals surface area (Å²) in [6, 6.07) is 3.57. The number of nitrogen functional groups attached to an aromatic ring is 1. The molecule has 1 atom stereocenters. The van der Waals surface area contributed by atoms with Crippen molar-refractivity contribution >= 4 is 21.7 Å². The highest BCUT2D eigenvalue weighted by Gasteiger charge is 2.29. The van der Waals surface area contributed by atoms with Crippen LogP contribution in [0.5, 0.6) is 0 Å². The Morgan fingerprint density at radius 1 is 1.33 bits per heavy atom. The highest BCUT2D eigenvalue weighted by atomic mass is 32.2. The van der Waals surface area contributed by atoms with E-state index in [9.17, 15) is 18.3 Å². The molecule has 0 fully saturated rings. The van der Waals surface area contributed by atoms with Crippen LogP contribution in [0, 0.1) is 5.92 Å². The van der Waals surface area contributed by atoms with E-state index >= 15 is 0 Å². The number of anilines is 1. The summed E-state index contributed by atoms with van der Waals surface area (Å²) in [5.41, 5.74) is 5.44. The van der Waals surface area contributed by atoms with Crippen molar-refractivity contribution in [1.82, 2.24) is 4.31 Å². The van der Waals surface area contributed by atoms with Crippen molar-refractivity contribution in [3.63, 3.8) is 0 Å². The van der Waals surface area contributed by atoms with Gasteiger partial charge in [-0.1, -0.05) is 13.8 Å². The van der Waals surface area contributed by atoms with Gasteiger partial charge >= 0.3 is 5.97 Å². The molecule has 0 spiro atoms. The fourth-order valence-corrected chi connectivity index (χ4v) is 3.70. The van der Waals surface area contributed by atoms with Gasteiger partial charge in [-0.3, -0.25) is 0 Å². The molecular formula is C14H22N2O4S. The summed E-state index contributed by atoms with van der Waals surface area (Å²) in [6.45, 7) is 5.81. The van der Waals surface area contributed by atoms with Gasteiger partial charge in [-0.15, -0.1) is 0 Å². The van der Waals surface area contributed by atoms with Crippen LogP contribution >= 0.6 is 0 Å². The summed E-state index contributed by atoms with van der Waals surface area (Å²) in [4.78, 5) is 11.0.